The summed E-state index contributed by atoms with van der Waals surface area (Å²) in [5.74, 6) is -1.72. The van der Waals surface area contributed by atoms with Crippen LogP contribution >= 0.6 is 0 Å². The van der Waals surface area contributed by atoms with Gasteiger partial charge in [0.25, 0.3) is 0 Å². The first kappa shape index (κ1) is 66.2. The van der Waals surface area contributed by atoms with Gasteiger partial charge in [0.1, 0.15) is 152 Å². The third kappa shape index (κ3) is 14.1. The van der Waals surface area contributed by atoms with Crippen LogP contribution in [-0.4, -0.2) is 345 Å². The Kier molecular flexibility index (Phi) is 22.9. The number of aliphatic hydroxyl groups excluding tert-OH is 18. The van der Waals surface area contributed by atoms with Gasteiger partial charge in [-0.3, -0.25) is 9.59 Å². The highest BCUT2D eigenvalue weighted by Gasteiger charge is 2.60. The number of amides is 2. The Morgan fingerprint density at radius 3 is 1.10 bits per heavy atom. The van der Waals surface area contributed by atoms with E-state index in [2.05, 4.69) is 10.6 Å². The molecule has 0 aliphatic carbocycles. The molecule has 20 N–H and O–H groups in total. The van der Waals surface area contributed by atoms with Crippen molar-refractivity contribution in [3.05, 3.63) is 0 Å². The number of aliphatic hydroxyl groups is 18. The minimum atomic E-state index is -2.30. The molecule has 0 aromatic rings. The molecule has 0 radical (unpaired) electrons. The normalized spacial score (nSPS) is 51.8. The molecule has 35 heteroatoms. The second-order valence-corrected chi connectivity index (χ2v) is 21.0. The largest absolute Gasteiger partial charge is 0.394 e. The van der Waals surface area contributed by atoms with Crippen LogP contribution in [0.2, 0.25) is 0 Å². The molecule has 0 spiro atoms. The molecule has 7 saturated heterocycles. The van der Waals surface area contributed by atoms with Crippen LogP contribution in [0.4, 0.5) is 0 Å². The van der Waals surface area contributed by atoms with E-state index >= 15 is 0 Å². The molecule has 7 aliphatic rings. The van der Waals surface area contributed by atoms with E-state index < -0.39 is 253 Å². The lowest BCUT2D eigenvalue weighted by Gasteiger charge is -2.52. The predicted molar refractivity (Wildman–Crippen MR) is 251 cm³/mol. The summed E-state index contributed by atoms with van der Waals surface area (Å²) < 4.78 is 77.2. The quantitative estimate of drug-likeness (QED) is 0.0606. The molecule has 0 bridgehead atoms. The Hall–Kier alpha value is -2.30. The van der Waals surface area contributed by atoms with E-state index in [9.17, 15) is 102 Å². The molecular weight excluding hydrogens is 1110 g/mol. The molecule has 0 unspecified atom stereocenters. The van der Waals surface area contributed by atoms with Crippen LogP contribution in [0.5, 0.6) is 0 Å². The number of ether oxygens (including phenoxy) is 13. The van der Waals surface area contributed by atoms with E-state index in [-0.39, 0.29) is 0 Å². The van der Waals surface area contributed by atoms with E-state index in [1.54, 1.807) is 0 Å². The third-order valence-electron chi connectivity index (χ3n) is 15.2. The minimum absolute atomic E-state index is 0.793. The smallest absolute Gasteiger partial charge is 0.217 e. The van der Waals surface area contributed by atoms with Gasteiger partial charge in [-0.05, 0) is 20.8 Å². The second-order valence-electron chi connectivity index (χ2n) is 21.0. The fraction of sp³-hybridized carbons (Fsp3) is 0.957. The van der Waals surface area contributed by atoms with E-state index in [0.29, 0.717) is 0 Å². The summed E-state index contributed by atoms with van der Waals surface area (Å²) >= 11 is 0. The molecule has 0 aromatic carbocycles. The lowest BCUT2D eigenvalue weighted by atomic mass is 9.93. The number of rotatable bonds is 18. The second kappa shape index (κ2) is 28.0. The fourth-order valence-electron chi connectivity index (χ4n) is 10.6. The summed E-state index contributed by atoms with van der Waals surface area (Å²) in [6.45, 7) is 1.71. The molecule has 7 heterocycles. The standard InChI is InChI=1S/C46H78N2O33/c1-10-21(55)26(60)30(64)42(69-10)78-36-19(47-13(4)53)40(68)72-17(8-51)34(36)76-45-33(67)38(25(59)16(7-50)73-45)80-41-20(48-14(5)54)37(79-43-31(65)27(61)22(56)11(2)70-43)35(18(9-52)75-41)77-46-39(29(63)24(58)15(6-49)74-46)81-44-32(66)28(62)23(57)12(3)71-44/h10-12,15-46,49-52,55-68H,6-9H2,1-5H3,(H,47,53)(H,48,54)/t10-,11-,12-,15+,16+,17+,18+,19+,20+,21+,22+,23+,24-,25-,26+,27+,28+,29-,30-,31-,32-,33+,34+,35-,36+,37+,38-,39+,40+,41-,42-,43-,44-,45-,46-/m0/s1. The summed E-state index contributed by atoms with van der Waals surface area (Å²) in [4.78, 5) is 25.8. The van der Waals surface area contributed by atoms with Crippen LogP contribution < -0.4 is 10.6 Å². The van der Waals surface area contributed by atoms with E-state index in [0.717, 1.165) is 13.8 Å². The predicted octanol–water partition coefficient (Wildman–Crippen LogP) is -12.9. The van der Waals surface area contributed by atoms with Crippen molar-refractivity contribution in [3.63, 3.8) is 0 Å². The summed E-state index contributed by atoms with van der Waals surface area (Å²) in [6, 6.07) is -3.58. The van der Waals surface area contributed by atoms with E-state index in [4.69, 9.17) is 61.6 Å². The topological polar surface area (TPSA) is 542 Å². The highest BCUT2D eigenvalue weighted by molar-refractivity contribution is 5.73. The summed E-state index contributed by atoms with van der Waals surface area (Å²) in [7, 11) is 0. The van der Waals surface area contributed by atoms with Gasteiger partial charge in [-0.1, -0.05) is 0 Å². The molecule has 7 fully saturated rings. The van der Waals surface area contributed by atoms with Crippen molar-refractivity contribution in [2.24, 2.45) is 0 Å². The Bertz CT molecular complexity index is 2010. The molecule has 35 atom stereocenters. The van der Waals surface area contributed by atoms with Gasteiger partial charge >= 0.3 is 0 Å². The molecule has 81 heavy (non-hydrogen) atoms. The van der Waals surface area contributed by atoms with Crippen LogP contribution in [-0.2, 0) is 71.2 Å². The molecule has 7 rings (SSSR count). The zero-order valence-electron chi connectivity index (χ0n) is 44.2. The molecule has 0 saturated carbocycles. The molecule has 7 aliphatic heterocycles. The number of carbonyl (C=O) groups is 2. The SMILES string of the molecule is CC(=O)N[C@@H]1[C@@H](O[C@@H]2O[C@@H](C)[C@@H](O)[C@@H](O)[C@@H]2O)[C@H](O[C@@H]2O[C@H](CO)[C@H](O)[C@H](O[C@@H]3O[C@H](CO)[C@H](O[C@@H]4O[C@H](CO)[C@H](O)[C@H](O)[C@H]4O[C@@H]4O[C@@H](C)[C@@H](O)[C@@H](O)[C@@H]4O)[C@H](O[C@@H]4O[C@@H](C)[C@@H](O)[C@@H](O)[C@@H]4O)[C@H]3NC(C)=O)[C@H]2O)[C@@H](CO)O[C@H]1O. The summed E-state index contributed by atoms with van der Waals surface area (Å²) in [6.07, 6.45) is -61.9. The van der Waals surface area contributed by atoms with Gasteiger partial charge in [0, 0.05) is 13.8 Å². The molecule has 35 nitrogen and oxygen atoms in total. The Morgan fingerprint density at radius 2 is 0.654 bits per heavy atom. The number of hydrogen-bond acceptors (Lipinski definition) is 33. The zero-order chi connectivity index (χ0) is 59.8. The van der Waals surface area contributed by atoms with Crippen molar-refractivity contribution < 1.29 is 163 Å². The van der Waals surface area contributed by atoms with Crippen molar-refractivity contribution in [1.82, 2.24) is 10.6 Å². The highest BCUT2D eigenvalue weighted by Crippen LogP contribution is 2.39. The van der Waals surface area contributed by atoms with Crippen LogP contribution in [0, 0.1) is 0 Å². The molecule has 470 valence electrons. The Morgan fingerprint density at radius 1 is 0.321 bits per heavy atom. The van der Waals surface area contributed by atoms with Crippen LogP contribution in [0.3, 0.4) is 0 Å². The average Bonchev–Trinajstić information content (AvgIpc) is 3.56. The van der Waals surface area contributed by atoms with Crippen LogP contribution in [0.15, 0.2) is 0 Å². The fourth-order valence-corrected chi connectivity index (χ4v) is 10.6. The van der Waals surface area contributed by atoms with Gasteiger partial charge in [0.05, 0.1) is 44.7 Å². The maximum atomic E-state index is 13.3. The van der Waals surface area contributed by atoms with Gasteiger partial charge in [0.2, 0.25) is 11.8 Å². The maximum Gasteiger partial charge on any atom is 0.217 e. The lowest BCUT2D eigenvalue weighted by Crippen LogP contribution is -2.72. The van der Waals surface area contributed by atoms with Crippen molar-refractivity contribution >= 4 is 11.8 Å². The average molecular weight is 1190 g/mol. The molecule has 0 aromatic heterocycles. The first-order valence-electron chi connectivity index (χ1n) is 26.2. The zero-order valence-corrected chi connectivity index (χ0v) is 44.2. The van der Waals surface area contributed by atoms with Gasteiger partial charge < -0.3 is 164 Å². The van der Waals surface area contributed by atoms with Gasteiger partial charge in [0.15, 0.2) is 44.0 Å². The molecule has 2 amide bonds. The number of nitrogens with one attached hydrogen (secondary N) is 2. The van der Waals surface area contributed by atoms with Crippen molar-refractivity contribution in [2.75, 3.05) is 26.4 Å². The van der Waals surface area contributed by atoms with Crippen LogP contribution in [0.1, 0.15) is 34.6 Å². The van der Waals surface area contributed by atoms with Crippen molar-refractivity contribution in [2.45, 2.75) is 249 Å². The number of carbonyl (C=O) groups excluding carboxylic acids is 2. The third-order valence-corrected chi connectivity index (χ3v) is 15.2. The summed E-state index contributed by atoms with van der Waals surface area (Å²) in [5, 5.41) is 201. The van der Waals surface area contributed by atoms with E-state index in [1.807, 2.05) is 0 Å². The molecular formula is C46H78N2O33. The van der Waals surface area contributed by atoms with Gasteiger partial charge in [-0.2, -0.15) is 0 Å². The first-order valence-corrected chi connectivity index (χ1v) is 26.2. The van der Waals surface area contributed by atoms with E-state index in [1.165, 1.54) is 20.8 Å². The van der Waals surface area contributed by atoms with Crippen molar-refractivity contribution in [1.29, 1.82) is 0 Å². The minimum Gasteiger partial charge on any atom is -0.394 e. The first-order chi connectivity index (χ1) is 38.2. The Labute approximate surface area is 460 Å². The Balaban J connectivity index is 1.24. The maximum absolute atomic E-state index is 13.3. The summed E-state index contributed by atoms with van der Waals surface area (Å²) in [5.41, 5.74) is 0. The number of hydrogen-bond donors (Lipinski definition) is 20. The van der Waals surface area contributed by atoms with Gasteiger partial charge in [-0.15, -0.1) is 0 Å². The van der Waals surface area contributed by atoms with Gasteiger partial charge in [-0.25, -0.2) is 0 Å². The van der Waals surface area contributed by atoms with Crippen LogP contribution in [0.25, 0.3) is 0 Å². The van der Waals surface area contributed by atoms with Crippen molar-refractivity contribution in [3.8, 4) is 0 Å². The highest BCUT2D eigenvalue weighted by atomic mass is 16.8. The lowest BCUT2D eigenvalue weighted by molar-refractivity contribution is -0.401. The monoisotopic (exact) mass is 1190 g/mol.